The van der Waals surface area contributed by atoms with Crippen LogP contribution in [-0.4, -0.2) is 17.4 Å². The van der Waals surface area contributed by atoms with E-state index in [0.29, 0.717) is 29.8 Å². The van der Waals surface area contributed by atoms with E-state index in [-0.39, 0.29) is 17.4 Å². The van der Waals surface area contributed by atoms with Gasteiger partial charge in [0.1, 0.15) is 0 Å². The summed E-state index contributed by atoms with van der Waals surface area (Å²) in [6, 6.07) is 14.4. The molecule has 25 heavy (non-hydrogen) atoms. The van der Waals surface area contributed by atoms with Gasteiger partial charge < -0.3 is 16.4 Å². The summed E-state index contributed by atoms with van der Waals surface area (Å²) >= 11 is 0. The molecular weight excluding hydrogens is 314 g/mol. The molecule has 0 spiro atoms. The van der Waals surface area contributed by atoms with Crippen molar-refractivity contribution >= 4 is 23.2 Å². The first kappa shape index (κ1) is 18.5. The Balaban J connectivity index is 1.93. The van der Waals surface area contributed by atoms with Gasteiger partial charge in [-0.05, 0) is 63.1 Å². The van der Waals surface area contributed by atoms with E-state index in [9.17, 15) is 9.59 Å². The zero-order valence-corrected chi connectivity index (χ0v) is 14.9. The number of aryl methyl sites for hydroxylation is 1. The number of anilines is 2. The lowest BCUT2D eigenvalue weighted by Crippen LogP contribution is -2.40. The number of hydrogen-bond donors (Lipinski definition) is 3. The Hall–Kier alpha value is -2.82. The van der Waals surface area contributed by atoms with Crippen molar-refractivity contribution in [3.8, 4) is 0 Å². The largest absolute Gasteiger partial charge is 0.399 e. The standard InChI is InChI=1S/C20H25N3O2/c1-20(2,3)23-19(25)15-5-4-6-17(13-15)22-18(24)12-9-14-7-10-16(21)11-8-14/h4-8,10-11,13H,9,12,21H2,1-3H3,(H,22,24)(H,23,25). The summed E-state index contributed by atoms with van der Waals surface area (Å²) in [5.74, 6) is -0.254. The fourth-order valence-corrected chi connectivity index (χ4v) is 2.32. The molecule has 0 aliphatic heterocycles. The molecule has 2 aromatic rings. The Kier molecular flexibility index (Phi) is 5.80. The number of nitrogens with one attached hydrogen (secondary N) is 2. The van der Waals surface area contributed by atoms with Gasteiger partial charge in [-0.1, -0.05) is 18.2 Å². The van der Waals surface area contributed by atoms with Crippen LogP contribution in [0.15, 0.2) is 48.5 Å². The molecule has 0 fully saturated rings. The topological polar surface area (TPSA) is 84.2 Å². The second kappa shape index (κ2) is 7.83. The van der Waals surface area contributed by atoms with Gasteiger partial charge in [-0.25, -0.2) is 0 Å². The molecule has 5 heteroatoms. The van der Waals surface area contributed by atoms with E-state index < -0.39 is 0 Å². The highest BCUT2D eigenvalue weighted by atomic mass is 16.2. The lowest BCUT2D eigenvalue weighted by atomic mass is 10.1. The van der Waals surface area contributed by atoms with Crippen LogP contribution >= 0.6 is 0 Å². The normalized spacial score (nSPS) is 11.0. The quantitative estimate of drug-likeness (QED) is 0.730. The van der Waals surface area contributed by atoms with Gasteiger partial charge in [-0.3, -0.25) is 9.59 Å². The Labute approximate surface area is 148 Å². The molecule has 0 aliphatic carbocycles. The molecule has 0 radical (unpaired) electrons. The predicted octanol–water partition coefficient (Wildman–Crippen LogP) is 3.37. The van der Waals surface area contributed by atoms with Crippen LogP contribution in [0, 0.1) is 0 Å². The van der Waals surface area contributed by atoms with E-state index in [4.69, 9.17) is 5.73 Å². The molecule has 4 N–H and O–H groups in total. The van der Waals surface area contributed by atoms with E-state index in [1.807, 2.05) is 45.0 Å². The molecule has 0 saturated heterocycles. The van der Waals surface area contributed by atoms with E-state index in [2.05, 4.69) is 10.6 Å². The molecule has 0 heterocycles. The number of hydrogen-bond acceptors (Lipinski definition) is 3. The molecule has 5 nitrogen and oxygen atoms in total. The SMILES string of the molecule is CC(C)(C)NC(=O)c1cccc(NC(=O)CCc2ccc(N)cc2)c1. The number of nitrogens with two attached hydrogens (primary N) is 1. The minimum absolute atomic E-state index is 0.0924. The van der Waals surface area contributed by atoms with Crippen LogP contribution in [0.25, 0.3) is 0 Å². The summed E-state index contributed by atoms with van der Waals surface area (Å²) in [5, 5.41) is 5.74. The first-order chi connectivity index (χ1) is 11.7. The van der Waals surface area contributed by atoms with Gasteiger partial charge >= 0.3 is 0 Å². The molecule has 0 unspecified atom stereocenters. The van der Waals surface area contributed by atoms with Gasteiger partial charge in [-0.15, -0.1) is 0 Å². The highest BCUT2D eigenvalue weighted by Gasteiger charge is 2.15. The maximum atomic E-state index is 12.2. The van der Waals surface area contributed by atoms with Gasteiger partial charge in [0.2, 0.25) is 5.91 Å². The van der Waals surface area contributed by atoms with E-state index in [1.165, 1.54) is 0 Å². The van der Waals surface area contributed by atoms with Crippen LogP contribution in [0.5, 0.6) is 0 Å². The first-order valence-corrected chi connectivity index (χ1v) is 8.30. The summed E-state index contributed by atoms with van der Waals surface area (Å²) in [6.45, 7) is 5.77. The summed E-state index contributed by atoms with van der Waals surface area (Å²) in [4.78, 5) is 24.3. The summed E-state index contributed by atoms with van der Waals surface area (Å²) in [5.41, 5.74) is 8.24. The van der Waals surface area contributed by atoms with Crippen LogP contribution in [0.2, 0.25) is 0 Å². The summed E-state index contributed by atoms with van der Waals surface area (Å²) in [7, 11) is 0. The minimum Gasteiger partial charge on any atom is -0.399 e. The van der Waals surface area contributed by atoms with Crippen LogP contribution in [0.3, 0.4) is 0 Å². The Morgan fingerprint density at radius 3 is 2.36 bits per heavy atom. The minimum atomic E-state index is -0.310. The maximum Gasteiger partial charge on any atom is 0.251 e. The highest BCUT2D eigenvalue weighted by Crippen LogP contribution is 2.13. The van der Waals surface area contributed by atoms with Crippen molar-refractivity contribution in [1.29, 1.82) is 0 Å². The number of rotatable bonds is 5. The number of nitrogen functional groups attached to an aromatic ring is 1. The van der Waals surface area contributed by atoms with E-state index in [1.54, 1.807) is 24.3 Å². The first-order valence-electron chi connectivity index (χ1n) is 8.30. The van der Waals surface area contributed by atoms with Crippen molar-refractivity contribution in [2.45, 2.75) is 39.2 Å². The molecule has 0 aliphatic rings. The third kappa shape index (κ3) is 6.30. The van der Waals surface area contributed by atoms with Crippen molar-refractivity contribution in [3.63, 3.8) is 0 Å². The van der Waals surface area contributed by atoms with Crippen molar-refractivity contribution in [2.75, 3.05) is 11.1 Å². The van der Waals surface area contributed by atoms with E-state index >= 15 is 0 Å². The molecular formula is C20H25N3O2. The van der Waals surface area contributed by atoms with Gasteiger partial charge in [0.25, 0.3) is 5.91 Å². The fraction of sp³-hybridized carbons (Fsp3) is 0.300. The summed E-state index contributed by atoms with van der Waals surface area (Å²) < 4.78 is 0. The zero-order chi connectivity index (χ0) is 18.4. The molecule has 0 bridgehead atoms. The smallest absolute Gasteiger partial charge is 0.251 e. The number of amides is 2. The molecule has 132 valence electrons. The molecule has 0 aromatic heterocycles. The van der Waals surface area contributed by atoms with Crippen LogP contribution in [0.1, 0.15) is 43.1 Å². The third-order valence-electron chi connectivity index (χ3n) is 3.52. The number of carbonyl (C=O) groups excluding carboxylic acids is 2. The summed E-state index contributed by atoms with van der Waals surface area (Å²) in [6.07, 6.45) is 0.999. The molecule has 2 aromatic carbocycles. The van der Waals surface area contributed by atoms with Gasteiger partial charge in [0, 0.05) is 28.9 Å². The van der Waals surface area contributed by atoms with Crippen LogP contribution in [-0.2, 0) is 11.2 Å². The molecule has 0 saturated carbocycles. The fourth-order valence-electron chi connectivity index (χ4n) is 2.32. The lowest BCUT2D eigenvalue weighted by molar-refractivity contribution is -0.116. The second-order valence-corrected chi connectivity index (χ2v) is 7.07. The molecule has 2 amide bonds. The predicted molar refractivity (Wildman–Crippen MR) is 101 cm³/mol. The van der Waals surface area contributed by atoms with Crippen molar-refractivity contribution < 1.29 is 9.59 Å². The van der Waals surface area contributed by atoms with Crippen molar-refractivity contribution in [3.05, 3.63) is 59.7 Å². The zero-order valence-electron chi connectivity index (χ0n) is 14.9. The van der Waals surface area contributed by atoms with Crippen molar-refractivity contribution in [2.24, 2.45) is 0 Å². The number of carbonyl (C=O) groups is 2. The molecule has 0 atom stereocenters. The van der Waals surface area contributed by atoms with Crippen molar-refractivity contribution in [1.82, 2.24) is 5.32 Å². The third-order valence-corrected chi connectivity index (χ3v) is 3.52. The van der Waals surface area contributed by atoms with Gasteiger partial charge in [-0.2, -0.15) is 0 Å². The monoisotopic (exact) mass is 339 g/mol. The average molecular weight is 339 g/mol. The van der Waals surface area contributed by atoms with Crippen LogP contribution < -0.4 is 16.4 Å². The second-order valence-electron chi connectivity index (χ2n) is 7.07. The van der Waals surface area contributed by atoms with E-state index in [0.717, 1.165) is 5.56 Å². The average Bonchev–Trinajstić information content (AvgIpc) is 2.53. The highest BCUT2D eigenvalue weighted by molar-refractivity contribution is 5.97. The van der Waals surface area contributed by atoms with Gasteiger partial charge in [0.15, 0.2) is 0 Å². The van der Waals surface area contributed by atoms with Crippen LogP contribution in [0.4, 0.5) is 11.4 Å². The number of benzene rings is 2. The Bertz CT molecular complexity index is 746. The lowest BCUT2D eigenvalue weighted by Gasteiger charge is -2.20. The molecule has 2 rings (SSSR count). The Morgan fingerprint density at radius 1 is 1.04 bits per heavy atom. The van der Waals surface area contributed by atoms with Gasteiger partial charge in [0.05, 0.1) is 0 Å². The maximum absolute atomic E-state index is 12.2. The Morgan fingerprint density at radius 2 is 1.72 bits per heavy atom.